The lowest BCUT2D eigenvalue weighted by Crippen LogP contribution is -2.47. The van der Waals surface area contributed by atoms with Crippen molar-refractivity contribution in [2.45, 2.75) is 59.0 Å². The number of halogens is 1. The first-order valence-electron chi connectivity index (χ1n) is 13.9. The van der Waals surface area contributed by atoms with Crippen LogP contribution in [0.4, 0.5) is 11.4 Å². The largest absolute Gasteiger partial charge is 0.494 e. The number of methoxy groups -OCH3 is 1. The molecule has 1 aliphatic rings. The average molecular weight is 577 g/mol. The fraction of sp³-hybridized carbons (Fsp3) is 0.364. The minimum atomic E-state index is -0.648. The summed E-state index contributed by atoms with van der Waals surface area (Å²) in [5.41, 5.74) is 2.37. The van der Waals surface area contributed by atoms with Crippen molar-refractivity contribution in [1.82, 2.24) is 0 Å². The van der Waals surface area contributed by atoms with E-state index < -0.39 is 5.41 Å². The number of anilines is 2. The number of fused-ring (bicyclic) bond motifs is 1. The monoisotopic (exact) mass is 576 g/mol. The summed E-state index contributed by atoms with van der Waals surface area (Å²) in [5, 5.41) is 0.605. The molecule has 0 saturated heterocycles. The predicted molar refractivity (Wildman–Crippen MR) is 162 cm³/mol. The van der Waals surface area contributed by atoms with E-state index in [1.165, 1.54) is 7.11 Å². The Bertz CT molecular complexity index is 1390. The molecule has 0 spiro atoms. The molecule has 8 heteroatoms. The van der Waals surface area contributed by atoms with Crippen LogP contribution in [-0.2, 0) is 14.3 Å². The number of carbonyl (C=O) groups excluding carboxylic acids is 3. The SMILES string of the molecule is CCC(=O)N(c1ccc(Cl)cc1)[C@@H]1C[C@H](C)N(C(=O)c2ccc(OCCC(C)(C)C(=O)OC)cc2)c2ccccc21. The van der Waals surface area contributed by atoms with Gasteiger partial charge in [0.1, 0.15) is 5.75 Å². The summed E-state index contributed by atoms with van der Waals surface area (Å²) in [6.45, 7) is 7.84. The van der Waals surface area contributed by atoms with Gasteiger partial charge in [-0.3, -0.25) is 14.4 Å². The number of nitrogens with zero attached hydrogens (tertiary/aromatic N) is 2. The van der Waals surface area contributed by atoms with Gasteiger partial charge in [0.15, 0.2) is 0 Å². The van der Waals surface area contributed by atoms with Gasteiger partial charge in [0, 0.05) is 34.4 Å². The van der Waals surface area contributed by atoms with Crippen molar-refractivity contribution in [2.24, 2.45) is 5.41 Å². The molecule has 0 saturated carbocycles. The first-order valence-corrected chi connectivity index (χ1v) is 14.3. The number of hydrogen-bond donors (Lipinski definition) is 0. The van der Waals surface area contributed by atoms with E-state index in [-0.39, 0.29) is 29.9 Å². The smallest absolute Gasteiger partial charge is 0.311 e. The van der Waals surface area contributed by atoms with Crippen LogP contribution in [0.5, 0.6) is 5.75 Å². The van der Waals surface area contributed by atoms with Gasteiger partial charge in [-0.25, -0.2) is 0 Å². The lowest BCUT2D eigenvalue weighted by molar-refractivity contribution is -0.151. The Morgan fingerprint density at radius 2 is 1.66 bits per heavy atom. The maximum absolute atomic E-state index is 13.9. The van der Waals surface area contributed by atoms with Crippen LogP contribution in [0.25, 0.3) is 0 Å². The van der Waals surface area contributed by atoms with Gasteiger partial charge in [0.25, 0.3) is 5.91 Å². The number of hydrogen-bond acceptors (Lipinski definition) is 5. The zero-order chi connectivity index (χ0) is 29.7. The van der Waals surface area contributed by atoms with Crippen LogP contribution in [0.15, 0.2) is 72.8 Å². The van der Waals surface area contributed by atoms with Gasteiger partial charge in [0.05, 0.1) is 25.2 Å². The average Bonchev–Trinajstić information content (AvgIpc) is 2.97. The molecule has 0 aliphatic carbocycles. The molecule has 0 aromatic heterocycles. The van der Waals surface area contributed by atoms with E-state index in [2.05, 4.69) is 0 Å². The molecule has 0 N–H and O–H groups in total. The molecule has 0 unspecified atom stereocenters. The Morgan fingerprint density at radius 1 is 1.00 bits per heavy atom. The quantitative estimate of drug-likeness (QED) is 0.251. The van der Waals surface area contributed by atoms with Crippen molar-refractivity contribution in [3.8, 4) is 5.75 Å². The normalized spacial score (nSPS) is 16.5. The summed E-state index contributed by atoms with van der Waals surface area (Å²) in [4.78, 5) is 42.6. The zero-order valence-electron chi connectivity index (χ0n) is 24.2. The van der Waals surface area contributed by atoms with Crippen molar-refractivity contribution >= 4 is 40.8 Å². The van der Waals surface area contributed by atoms with E-state index in [9.17, 15) is 14.4 Å². The third-order valence-electron chi connectivity index (χ3n) is 7.60. The van der Waals surface area contributed by atoms with Crippen molar-refractivity contribution in [3.05, 3.63) is 88.9 Å². The maximum Gasteiger partial charge on any atom is 0.311 e. The van der Waals surface area contributed by atoms with E-state index in [4.69, 9.17) is 21.1 Å². The van der Waals surface area contributed by atoms with E-state index in [1.807, 2.05) is 73.9 Å². The number of carbonyl (C=O) groups is 3. The minimum absolute atomic E-state index is 0.00432. The zero-order valence-corrected chi connectivity index (χ0v) is 25.0. The van der Waals surface area contributed by atoms with Gasteiger partial charge in [-0.2, -0.15) is 0 Å². The highest BCUT2D eigenvalue weighted by Crippen LogP contribution is 2.43. The second kappa shape index (κ2) is 12.8. The Balaban J connectivity index is 1.56. The number of ether oxygens (including phenoxy) is 2. The number of benzene rings is 3. The van der Waals surface area contributed by atoms with Gasteiger partial charge >= 0.3 is 5.97 Å². The molecule has 2 amide bonds. The van der Waals surface area contributed by atoms with E-state index in [1.54, 1.807) is 36.4 Å². The molecule has 41 heavy (non-hydrogen) atoms. The lowest BCUT2D eigenvalue weighted by Gasteiger charge is -2.43. The summed E-state index contributed by atoms with van der Waals surface area (Å²) >= 11 is 6.13. The highest BCUT2D eigenvalue weighted by atomic mass is 35.5. The molecule has 4 rings (SSSR count). The summed E-state index contributed by atoms with van der Waals surface area (Å²) < 4.78 is 10.7. The molecular formula is C33H37ClN2O5. The van der Waals surface area contributed by atoms with Gasteiger partial charge in [-0.15, -0.1) is 0 Å². The van der Waals surface area contributed by atoms with E-state index >= 15 is 0 Å². The minimum Gasteiger partial charge on any atom is -0.494 e. The molecule has 7 nitrogen and oxygen atoms in total. The molecule has 0 radical (unpaired) electrons. The molecule has 216 valence electrons. The summed E-state index contributed by atoms with van der Waals surface area (Å²) in [6.07, 6.45) is 1.43. The molecule has 2 atom stereocenters. The second-order valence-corrected chi connectivity index (χ2v) is 11.4. The van der Waals surface area contributed by atoms with Gasteiger partial charge in [-0.1, -0.05) is 36.7 Å². The highest BCUT2D eigenvalue weighted by molar-refractivity contribution is 6.30. The summed E-state index contributed by atoms with van der Waals surface area (Å²) in [6, 6.07) is 21.7. The molecular weight excluding hydrogens is 540 g/mol. The first kappa shape index (κ1) is 30.1. The third-order valence-corrected chi connectivity index (χ3v) is 7.85. The van der Waals surface area contributed by atoms with Crippen LogP contribution < -0.4 is 14.5 Å². The lowest BCUT2D eigenvalue weighted by atomic mass is 9.89. The summed E-state index contributed by atoms with van der Waals surface area (Å²) in [7, 11) is 1.38. The fourth-order valence-electron chi connectivity index (χ4n) is 5.24. The molecule has 1 heterocycles. The van der Waals surface area contributed by atoms with Crippen LogP contribution in [-0.4, -0.2) is 37.5 Å². The molecule has 3 aromatic carbocycles. The number of amides is 2. The number of rotatable bonds is 9. The van der Waals surface area contributed by atoms with Gasteiger partial charge < -0.3 is 19.3 Å². The molecule has 0 bridgehead atoms. The molecule has 1 aliphatic heterocycles. The standard InChI is InChI=1S/C33H37ClN2O5/c1-6-30(37)36(25-15-13-24(34)14-16-25)29-21-22(2)35(28-10-8-7-9-27(28)29)31(38)23-11-17-26(18-12-23)41-20-19-33(3,4)32(39)40-5/h7-18,22,29H,6,19-21H2,1-5H3/t22-,29+/m0/s1. The van der Waals surface area contributed by atoms with Crippen molar-refractivity contribution in [2.75, 3.05) is 23.5 Å². The van der Waals surface area contributed by atoms with Crippen molar-refractivity contribution < 1.29 is 23.9 Å². The van der Waals surface area contributed by atoms with Crippen molar-refractivity contribution in [1.29, 1.82) is 0 Å². The Labute approximate surface area is 247 Å². The third kappa shape index (κ3) is 6.57. The second-order valence-electron chi connectivity index (χ2n) is 10.9. The molecule has 0 fully saturated rings. The van der Waals surface area contributed by atoms with E-state index in [0.717, 1.165) is 16.9 Å². The number of para-hydroxylation sites is 1. The fourth-order valence-corrected chi connectivity index (χ4v) is 5.37. The Morgan fingerprint density at radius 3 is 2.29 bits per heavy atom. The number of esters is 1. The van der Waals surface area contributed by atoms with Crippen LogP contribution in [0.2, 0.25) is 5.02 Å². The van der Waals surface area contributed by atoms with Crippen LogP contribution in [0.3, 0.4) is 0 Å². The van der Waals surface area contributed by atoms with Crippen LogP contribution >= 0.6 is 11.6 Å². The molecule has 3 aromatic rings. The Kier molecular flexibility index (Phi) is 9.38. The summed E-state index contributed by atoms with van der Waals surface area (Å²) in [5.74, 6) is 0.216. The Hall–Kier alpha value is -3.84. The first-order chi connectivity index (χ1) is 19.6. The topological polar surface area (TPSA) is 76.2 Å². The highest BCUT2D eigenvalue weighted by Gasteiger charge is 2.38. The van der Waals surface area contributed by atoms with Gasteiger partial charge in [-0.05, 0) is 93.8 Å². The van der Waals surface area contributed by atoms with Crippen LogP contribution in [0, 0.1) is 5.41 Å². The van der Waals surface area contributed by atoms with E-state index in [0.29, 0.717) is 42.2 Å². The van der Waals surface area contributed by atoms with Crippen LogP contribution in [0.1, 0.15) is 68.9 Å². The van der Waals surface area contributed by atoms with Gasteiger partial charge in [0.2, 0.25) is 5.91 Å². The van der Waals surface area contributed by atoms with Crippen molar-refractivity contribution in [3.63, 3.8) is 0 Å². The maximum atomic E-state index is 13.9. The predicted octanol–water partition coefficient (Wildman–Crippen LogP) is 7.23.